The monoisotopic (exact) mass is 690 g/mol. The molecular formula is C38H62N2O9. The molecule has 2 saturated heterocycles. The summed E-state index contributed by atoms with van der Waals surface area (Å²) in [4.78, 5) is 45.8. The van der Waals surface area contributed by atoms with Crippen LogP contribution < -0.4 is 0 Å². The maximum Gasteiger partial charge on any atom is 0.338 e. The number of methoxy groups -OCH3 is 1. The number of cyclic esters (lactones) is 1. The van der Waals surface area contributed by atoms with Crippen molar-refractivity contribution >= 4 is 17.7 Å². The molecule has 0 aliphatic carbocycles. The molecule has 0 unspecified atom stereocenters. The van der Waals surface area contributed by atoms with Crippen molar-refractivity contribution in [2.75, 3.05) is 47.5 Å². The smallest absolute Gasteiger partial charge is 0.338 e. The molecule has 2 fully saturated rings. The van der Waals surface area contributed by atoms with Gasteiger partial charge in [0.05, 0.1) is 29.4 Å². The van der Waals surface area contributed by atoms with Crippen LogP contribution in [0, 0.1) is 17.3 Å². The Bertz CT molecular complexity index is 1210. The van der Waals surface area contributed by atoms with Crippen molar-refractivity contribution in [2.24, 2.45) is 17.3 Å². The number of Topliss-reactive ketones (excluding diaryl/α,β-unsaturated/α-hetero) is 1. The molecule has 0 aromatic heterocycles. The van der Waals surface area contributed by atoms with E-state index < -0.39 is 47.4 Å². The van der Waals surface area contributed by atoms with E-state index in [2.05, 4.69) is 18.7 Å². The molecule has 2 aliphatic rings. The number of ketones is 1. The Labute approximate surface area is 293 Å². The molecule has 1 aromatic rings. The average molecular weight is 691 g/mol. The Kier molecular flexibility index (Phi) is 15.2. The highest BCUT2D eigenvalue weighted by molar-refractivity contribution is 6.04. The molecule has 0 saturated carbocycles. The minimum absolute atomic E-state index is 0.0421. The van der Waals surface area contributed by atoms with Crippen molar-refractivity contribution in [2.45, 2.75) is 123 Å². The highest BCUT2D eigenvalue weighted by Crippen LogP contribution is 2.39. The first-order valence-corrected chi connectivity index (χ1v) is 17.9. The fourth-order valence-corrected chi connectivity index (χ4v) is 7.51. The van der Waals surface area contributed by atoms with E-state index in [4.69, 9.17) is 23.7 Å². The average Bonchev–Trinajstić information content (AvgIpc) is 3.06. The third-order valence-corrected chi connectivity index (χ3v) is 10.3. The first-order chi connectivity index (χ1) is 23.1. The number of hydrogen-bond acceptors (Lipinski definition) is 11. The van der Waals surface area contributed by atoms with Crippen LogP contribution in [0.1, 0.15) is 90.9 Å². The first kappa shape index (κ1) is 41.0. The van der Waals surface area contributed by atoms with E-state index in [0.29, 0.717) is 37.8 Å². The molecule has 2 aliphatic heterocycles. The quantitative estimate of drug-likeness (QED) is 0.256. The molecule has 2 heterocycles. The minimum atomic E-state index is -1.49. The molecule has 0 amide bonds. The molecule has 1 N–H and O–H groups in total. The van der Waals surface area contributed by atoms with Crippen molar-refractivity contribution in [3.8, 4) is 0 Å². The van der Waals surface area contributed by atoms with E-state index in [1.807, 2.05) is 38.9 Å². The van der Waals surface area contributed by atoms with Gasteiger partial charge in [0.2, 0.25) is 0 Å². The van der Waals surface area contributed by atoms with Gasteiger partial charge in [-0.1, -0.05) is 39.0 Å². The molecule has 0 bridgehead atoms. The van der Waals surface area contributed by atoms with Crippen LogP contribution in [0.3, 0.4) is 0 Å². The predicted molar refractivity (Wildman–Crippen MR) is 187 cm³/mol. The van der Waals surface area contributed by atoms with Crippen LogP contribution >= 0.6 is 0 Å². The van der Waals surface area contributed by atoms with E-state index in [1.165, 1.54) is 0 Å². The molecule has 278 valence electrons. The number of ether oxygens (including phenoxy) is 5. The summed E-state index contributed by atoms with van der Waals surface area (Å²) in [6.07, 6.45) is 0.283. The summed E-state index contributed by atoms with van der Waals surface area (Å²) in [7, 11) is 5.48. The second-order valence-corrected chi connectivity index (χ2v) is 15.1. The normalized spacial score (nSPS) is 33.6. The van der Waals surface area contributed by atoms with Gasteiger partial charge >= 0.3 is 11.9 Å². The number of carbonyl (C=O) groups excluding carboxylic acids is 3. The standard InChI is InChI=1S/C38H62N2O9/c1-11-19-40-23-25(2)22-38(7,45-10)33(27(4)32(42)37(5,6)36(44)46-24-29(40)18-15-20-41)49-35-31(30(39(8)9)21-26(3)47-35)48-34(43)28-16-13-12-14-17-28/h12-14,16-17,25-27,29-31,33,35,41H,11,15,18-24H2,1-10H3/t25-,26-,27+,29-,30+,31-,33-,35+,38-/m1/s1. The second kappa shape index (κ2) is 18.2. The molecule has 49 heavy (non-hydrogen) atoms. The second-order valence-electron chi connectivity index (χ2n) is 15.1. The van der Waals surface area contributed by atoms with Crippen LogP contribution in [0.15, 0.2) is 30.3 Å². The Morgan fingerprint density at radius 2 is 1.78 bits per heavy atom. The number of likely N-dealkylation sites (N-methyl/N-ethyl adjacent to an activating group) is 1. The van der Waals surface area contributed by atoms with Crippen LogP contribution in [-0.2, 0) is 33.3 Å². The van der Waals surface area contributed by atoms with Gasteiger partial charge in [0.15, 0.2) is 18.2 Å². The van der Waals surface area contributed by atoms with E-state index >= 15 is 0 Å². The zero-order valence-electron chi connectivity index (χ0n) is 31.5. The van der Waals surface area contributed by atoms with Gasteiger partial charge in [0.1, 0.15) is 12.0 Å². The minimum Gasteiger partial charge on any atom is -0.463 e. The van der Waals surface area contributed by atoms with Crippen LogP contribution in [0.2, 0.25) is 0 Å². The van der Waals surface area contributed by atoms with Crippen LogP contribution in [0.4, 0.5) is 0 Å². The topological polar surface area (TPSA) is 124 Å². The van der Waals surface area contributed by atoms with Gasteiger partial charge in [-0.25, -0.2) is 4.79 Å². The zero-order chi connectivity index (χ0) is 36.5. The SMILES string of the molecule is CCCN1C[C@H](C)C[C@@](C)(OC)[C@H](O[C@@H]2O[C@H](C)C[C@H](N(C)C)[C@H]2OC(=O)c2ccccc2)[C@@H](C)C(=O)C(C)(C)C(=O)OC[C@H]1CCCO. The highest BCUT2D eigenvalue weighted by atomic mass is 16.7. The number of carbonyl (C=O) groups is 3. The number of benzene rings is 1. The van der Waals surface area contributed by atoms with Crippen molar-refractivity contribution in [3.63, 3.8) is 0 Å². The number of rotatable bonds is 11. The van der Waals surface area contributed by atoms with E-state index in [1.54, 1.807) is 52.1 Å². The van der Waals surface area contributed by atoms with Crippen LogP contribution in [-0.4, -0.2) is 122 Å². The third kappa shape index (κ3) is 10.3. The maximum absolute atomic E-state index is 14.4. The van der Waals surface area contributed by atoms with Gasteiger partial charge in [0, 0.05) is 32.2 Å². The summed E-state index contributed by atoms with van der Waals surface area (Å²) < 4.78 is 31.7. The van der Waals surface area contributed by atoms with Crippen molar-refractivity contribution in [1.82, 2.24) is 9.80 Å². The molecule has 11 heteroatoms. The van der Waals surface area contributed by atoms with Crippen molar-refractivity contribution in [1.29, 1.82) is 0 Å². The molecule has 0 radical (unpaired) electrons. The lowest BCUT2D eigenvalue weighted by Crippen LogP contribution is -2.60. The van der Waals surface area contributed by atoms with Crippen molar-refractivity contribution in [3.05, 3.63) is 35.9 Å². The van der Waals surface area contributed by atoms with E-state index in [-0.39, 0.29) is 43.1 Å². The largest absolute Gasteiger partial charge is 0.463 e. The first-order valence-electron chi connectivity index (χ1n) is 17.9. The molecule has 3 rings (SSSR count). The van der Waals surface area contributed by atoms with Gasteiger partial charge in [-0.05, 0) is 98.5 Å². The molecule has 11 nitrogen and oxygen atoms in total. The maximum atomic E-state index is 14.4. The Morgan fingerprint density at radius 3 is 2.37 bits per heavy atom. The summed E-state index contributed by atoms with van der Waals surface area (Å²) in [6.45, 7) is 14.7. The fraction of sp³-hybridized carbons (Fsp3) is 0.763. The predicted octanol–water partition coefficient (Wildman–Crippen LogP) is 4.73. The lowest BCUT2D eigenvalue weighted by atomic mass is 9.74. The molecule has 9 atom stereocenters. The Morgan fingerprint density at radius 1 is 1.10 bits per heavy atom. The number of esters is 2. The summed E-state index contributed by atoms with van der Waals surface area (Å²) in [5, 5.41) is 9.62. The highest BCUT2D eigenvalue weighted by Gasteiger charge is 2.52. The summed E-state index contributed by atoms with van der Waals surface area (Å²) in [5.41, 5.74) is -2.08. The lowest BCUT2D eigenvalue weighted by Gasteiger charge is -2.48. The summed E-state index contributed by atoms with van der Waals surface area (Å²) in [6, 6.07) is 8.45. The zero-order valence-corrected chi connectivity index (χ0v) is 31.5. The van der Waals surface area contributed by atoms with E-state index in [0.717, 1.165) is 13.0 Å². The number of aliphatic hydroxyl groups is 1. The summed E-state index contributed by atoms with van der Waals surface area (Å²) in [5.74, 6) is -2.20. The van der Waals surface area contributed by atoms with Gasteiger partial charge in [-0.15, -0.1) is 0 Å². The van der Waals surface area contributed by atoms with Crippen molar-refractivity contribution < 1.29 is 43.2 Å². The van der Waals surface area contributed by atoms with Gasteiger partial charge in [-0.2, -0.15) is 0 Å². The van der Waals surface area contributed by atoms with Gasteiger partial charge in [-0.3, -0.25) is 14.5 Å². The Hall–Kier alpha value is -2.41. The lowest BCUT2D eigenvalue weighted by molar-refractivity contribution is -0.295. The third-order valence-electron chi connectivity index (χ3n) is 10.3. The van der Waals surface area contributed by atoms with Crippen LogP contribution in [0.25, 0.3) is 0 Å². The number of hydrogen-bond donors (Lipinski definition) is 1. The summed E-state index contributed by atoms with van der Waals surface area (Å²) >= 11 is 0. The van der Waals surface area contributed by atoms with Gasteiger partial charge in [0.25, 0.3) is 0 Å². The fourth-order valence-electron chi connectivity index (χ4n) is 7.51. The number of aliphatic hydroxyl groups excluding tert-OH is 1. The molecule has 1 aromatic carbocycles. The van der Waals surface area contributed by atoms with E-state index in [9.17, 15) is 19.5 Å². The molecule has 0 spiro atoms. The van der Waals surface area contributed by atoms with Gasteiger partial charge < -0.3 is 33.7 Å². The molecular weight excluding hydrogens is 628 g/mol. The number of nitrogens with zero attached hydrogens (tertiary/aromatic N) is 2. The Balaban J connectivity index is 2.09. The van der Waals surface area contributed by atoms with Crippen LogP contribution in [0.5, 0.6) is 0 Å².